The van der Waals surface area contributed by atoms with Gasteiger partial charge in [0.15, 0.2) is 0 Å². The number of thiazole rings is 1. The van der Waals surface area contributed by atoms with Crippen LogP contribution in [0.3, 0.4) is 0 Å². The van der Waals surface area contributed by atoms with Crippen molar-refractivity contribution in [3.63, 3.8) is 0 Å². The Bertz CT molecular complexity index is 1110. The maximum atomic E-state index is 5.61. The monoisotopic (exact) mass is 408 g/mol. The molecule has 0 spiro atoms. The molecule has 0 bridgehead atoms. The van der Waals surface area contributed by atoms with E-state index in [1.807, 2.05) is 46.4 Å². The Balaban J connectivity index is 1.33. The smallest absolute Gasteiger partial charge is 0.221 e. The van der Waals surface area contributed by atoms with Gasteiger partial charge in [-0.25, -0.2) is 9.67 Å². The molecule has 6 nitrogen and oxygen atoms in total. The normalized spacial score (nSPS) is 17.9. The number of likely N-dealkylation sites (tertiary alicyclic amines) is 1. The van der Waals surface area contributed by atoms with E-state index in [1.54, 1.807) is 4.68 Å². The summed E-state index contributed by atoms with van der Waals surface area (Å²) < 4.78 is 5.41. The van der Waals surface area contributed by atoms with Gasteiger partial charge in [-0.1, -0.05) is 30.3 Å². The number of para-hydroxylation sites is 2. The van der Waals surface area contributed by atoms with Gasteiger partial charge in [-0.05, 0) is 66.3 Å². The number of nitrogens with zero attached hydrogens (tertiary/aromatic N) is 6. The Morgan fingerprint density at radius 1 is 1.04 bits per heavy atom. The third-order valence-corrected chi connectivity index (χ3v) is 6.72. The van der Waals surface area contributed by atoms with E-state index in [0.717, 1.165) is 30.7 Å². The fraction of sp³-hybridized carbons (Fsp3) is 0.300. The predicted molar refractivity (Wildman–Crippen MR) is 113 cm³/mol. The second kappa shape index (κ2) is 7.54. The number of hydrogen-bond acceptors (Lipinski definition) is 6. The lowest BCUT2D eigenvalue weighted by Crippen LogP contribution is -2.36. The van der Waals surface area contributed by atoms with Crippen LogP contribution in [0.5, 0.6) is 0 Å². The highest BCUT2D eigenvalue weighted by Crippen LogP contribution is 2.33. The van der Waals surface area contributed by atoms with Crippen molar-refractivity contribution in [2.24, 2.45) is 0 Å². The molecule has 0 radical (unpaired) electrons. The third-order valence-electron chi connectivity index (χ3n) is 5.14. The molecule has 4 aromatic rings. The summed E-state index contributed by atoms with van der Waals surface area (Å²) in [6.07, 6.45) is 2.33. The van der Waals surface area contributed by atoms with Crippen LogP contribution in [-0.2, 0) is 6.67 Å². The molecule has 0 amide bonds. The number of tetrazole rings is 1. The summed E-state index contributed by atoms with van der Waals surface area (Å²) in [6.45, 7) is 2.67. The highest BCUT2D eigenvalue weighted by molar-refractivity contribution is 7.71. The number of benzene rings is 2. The molecule has 0 saturated carbocycles. The van der Waals surface area contributed by atoms with Gasteiger partial charge in [0, 0.05) is 12.5 Å². The Morgan fingerprint density at radius 2 is 1.86 bits per heavy atom. The first-order valence-electron chi connectivity index (χ1n) is 9.44. The lowest BCUT2D eigenvalue weighted by atomic mass is 9.99. The molecule has 1 fully saturated rings. The second-order valence-corrected chi connectivity index (χ2v) is 8.51. The fourth-order valence-electron chi connectivity index (χ4n) is 3.73. The van der Waals surface area contributed by atoms with Gasteiger partial charge in [0.2, 0.25) is 4.77 Å². The van der Waals surface area contributed by atoms with Crippen molar-refractivity contribution < 1.29 is 0 Å². The van der Waals surface area contributed by atoms with Crippen molar-refractivity contribution in [3.05, 3.63) is 64.4 Å². The first kappa shape index (κ1) is 17.7. The maximum Gasteiger partial charge on any atom is 0.221 e. The van der Waals surface area contributed by atoms with Crippen molar-refractivity contribution in [3.8, 4) is 5.69 Å². The Hall–Kier alpha value is -2.42. The Morgan fingerprint density at radius 3 is 2.71 bits per heavy atom. The molecule has 1 aliphatic rings. The minimum absolute atomic E-state index is 0.462. The summed E-state index contributed by atoms with van der Waals surface area (Å²) >= 11 is 7.43. The molecule has 1 aliphatic heterocycles. The molecule has 28 heavy (non-hydrogen) atoms. The summed E-state index contributed by atoms with van der Waals surface area (Å²) in [6, 6.07) is 18.3. The van der Waals surface area contributed by atoms with Gasteiger partial charge >= 0.3 is 0 Å². The van der Waals surface area contributed by atoms with Crippen LogP contribution in [0.4, 0.5) is 0 Å². The molecule has 0 aliphatic carbocycles. The van der Waals surface area contributed by atoms with E-state index in [1.165, 1.54) is 16.1 Å². The van der Waals surface area contributed by atoms with Crippen molar-refractivity contribution >= 4 is 33.8 Å². The Kier molecular flexibility index (Phi) is 4.76. The molecule has 8 heteroatoms. The standard InChI is InChI=1S/C20H20N6S2/c27-20-25(22-23-26(20)16-8-2-1-3-9-16)14-24-12-6-7-15(13-24)19-21-17-10-4-5-11-18(17)28-19/h1-5,8-11,15H,6-7,12-14H2/t15-/m0/s1. The summed E-state index contributed by atoms with van der Waals surface area (Å²) in [5.74, 6) is 0.462. The lowest BCUT2D eigenvalue weighted by Gasteiger charge is -2.31. The van der Waals surface area contributed by atoms with Crippen LogP contribution in [-0.4, -0.2) is 42.8 Å². The van der Waals surface area contributed by atoms with Crippen molar-refractivity contribution in [1.82, 2.24) is 29.7 Å². The highest BCUT2D eigenvalue weighted by Gasteiger charge is 2.24. The molecule has 142 valence electrons. The minimum Gasteiger partial charge on any atom is -0.284 e. The SMILES string of the molecule is S=c1n(CN2CCC[C@H](c3nc4ccccc4s3)C2)nnn1-c1ccccc1. The van der Waals surface area contributed by atoms with Gasteiger partial charge < -0.3 is 0 Å². The van der Waals surface area contributed by atoms with Crippen LogP contribution in [0, 0.1) is 4.77 Å². The molecule has 3 heterocycles. The number of aromatic nitrogens is 5. The van der Waals surface area contributed by atoms with Gasteiger partial charge in [-0.15, -0.1) is 11.3 Å². The summed E-state index contributed by atoms with van der Waals surface area (Å²) in [7, 11) is 0. The first-order valence-corrected chi connectivity index (χ1v) is 10.7. The second-order valence-electron chi connectivity index (χ2n) is 7.09. The summed E-state index contributed by atoms with van der Waals surface area (Å²) in [4.78, 5) is 7.27. The van der Waals surface area contributed by atoms with Crippen molar-refractivity contribution in [2.45, 2.75) is 25.4 Å². The van der Waals surface area contributed by atoms with Crippen LogP contribution in [0.25, 0.3) is 15.9 Å². The largest absolute Gasteiger partial charge is 0.284 e. The topological polar surface area (TPSA) is 51.8 Å². The number of hydrogen-bond donors (Lipinski definition) is 0. The Labute approximate surface area is 172 Å². The van der Waals surface area contributed by atoms with Crippen LogP contribution < -0.4 is 0 Å². The van der Waals surface area contributed by atoms with Gasteiger partial charge in [0.1, 0.15) is 0 Å². The van der Waals surface area contributed by atoms with Gasteiger partial charge in [0.25, 0.3) is 0 Å². The van der Waals surface area contributed by atoms with E-state index in [-0.39, 0.29) is 0 Å². The van der Waals surface area contributed by atoms with E-state index in [0.29, 0.717) is 17.4 Å². The predicted octanol–water partition coefficient (Wildman–Crippen LogP) is 4.25. The quantitative estimate of drug-likeness (QED) is 0.473. The molecule has 0 unspecified atom stereocenters. The highest BCUT2D eigenvalue weighted by atomic mass is 32.1. The zero-order valence-corrected chi connectivity index (χ0v) is 16.9. The van der Waals surface area contributed by atoms with Crippen LogP contribution in [0.1, 0.15) is 23.8 Å². The van der Waals surface area contributed by atoms with E-state index >= 15 is 0 Å². The molecule has 2 aromatic carbocycles. The average Bonchev–Trinajstić information content (AvgIpc) is 3.33. The van der Waals surface area contributed by atoms with E-state index in [9.17, 15) is 0 Å². The molecule has 2 aromatic heterocycles. The molecule has 5 rings (SSSR count). The molecule has 1 saturated heterocycles. The number of fused-ring (bicyclic) bond motifs is 1. The average molecular weight is 409 g/mol. The molecular weight excluding hydrogens is 388 g/mol. The van der Waals surface area contributed by atoms with Crippen LogP contribution in [0.15, 0.2) is 54.6 Å². The van der Waals surface area contributed by atoms with Crippen molar-refractivity contribution in [2.75, 3.05) is 13.1 Å². The van der Waals surface area contributed by atoms with Crippen molar-refractivity contribution in [1.29, 1.82) is 0 Å². The third kappa shape index (κ3) is 3.39. The molecular formula is C20H20N6S2. The summed E-state index contributed by atoms with van der Waals surface area (Å²) in [5.41, 5.74) is 2.04. The molecule has 1 atom stereocenters. The van der Waals surface area contributed by atoms with E-state index < -0.39 is 0 Å². The van der Waals surface area contributed by atoms with Gasteiger partial charge in [-0.3, -0.25) is 4.90 Å². The van der Waals surface area contributed by atoms with Crippen LogP contribution >= 0.6 is 23.6 Å². The maximum absolute atomic E-state index is 5.61. The zero-order valence-electron chi connectivity index (χ0n) is 15.3. The lowest BCUT2D eigenvalue weighted by molar-refractivity contribution is 0.155. The van der Waals surface area contributed by atoms with E-state index in [2.05, 4.69) is 39.6 Å². The van der Waals surface area contributed by atoms with Crippen LogP contribution in [0.2, 0.25) is 0 Å². The number of rotatable bonds is 4. The first-order chi connectivity index (χ1) is 13.8. The summed E-state index contributed by atoms with van der Waals surface area (Å²) in [5, 5.41) is 9.77. The molecule has 0 N–H and O–H groups in total. The van der Waals surface area contributed by atoms with E-state index in [4.69, 9.17) is 17.2 Å². The fourth-order valence-corrected chi connectivity index (χ4v) is 5.06. The zero-order chi connectivity index (χ0) is 18.9. The van der Waals surface area contributed by atoms with Gasteiger partial charge in [-0.2, -0.15) is 4.68 Å². The number of piperidine rings is 1. The minimum atomic E-state index is 0.462. The van der Waals surface area contributed by atoms with Gasteiger partial charge in [0.05, 0.1) is 27.6 Å².